The number of hydrogen-bond donors (Lipinski definition) is 0. The van der Waals surface area contributed by atoms with Crippen LogP contribution in [0.25, 0.3) is 0 Å². The Morgan fingerprint density at radius 1 is 1.70 bits per heavy atom. The highest BCUT2D eigenvalue weighted by atomic mass is 35.5. The lowest BCUT2D eigenvalue weighted by Crippen LogP contribution is -1.89. The van der Waals surface area contributed by atoms with Gasteiger partial charge in [-0.2, -0.15) is 0 Å². The van der Waals surface area contributed by atoms with Crippen LogP contribution in [-0.2, 0) is 4.74 Å². The molecule has 3 heteroatoms. The molecule has 0 amide bonds. The summed E-state index contributed by atoms with van der Waals surface area (Å²) < 4.78 is 5.09. The molecular weight excluding hydrogens is 150 g/mol. The molecule has 0 aliphatic rings. The Balaban J connectivity index is 3.98. The minimum atomic E-state index is 0.488. The minimum Gasteiger partial charge on any atom is -0.478 e. The lowest BCUT2D eigenvalue weighted by molar-refractivity contribution is 0.227. The molecule has 0 saturated carbocycles. The maximum atomic E-state index is 5.52. The van der Waals surface area contributed by atoms with Gasteiger partial charge in [0.1, 0.15) is 5.17 Å². The van der Waals surface area contributed by atoms with Crippen LogP contribution in [0.2, 0.25) is 0 Å². The van der Waals surface area contributed by atoms with Crippen LogP contribution in [0.5, 0.6) is 0 Å². The Morgan fingerprint density at radius 3 is 2.60 bits per heavy atom. The molecule has 0 unspecified atom stereocenters. The molecule has 0 aliphatic carbocycles. The van der Waals surface area contributed by atoms with Gasteiger partial charge in [-0.1, -0.05) is 11.6 Å². The van der Waals surface area contributed by atoms with Crippen LogP contribution in [0.15, 0.2) is 17.0 Å². The van der Waals surface area contributed by atoms with Crippen molar-refractivity contribution < 1.29 is 4.74 Å². The van der Waals surface area contributed by atoms with Crippen molar-refractivity contribution >= 4 is 16.8 Å². The Kier molecular flexibility index (Phi) is 5.03. The molecule has 10 heavy (non-hydrogen) atoms. The molecule has 0 aliphatic heterocycles. The van der Waals surface area contributed by atoms with E-state index in [4.69, 9.17) is 16.3 Å². The van der Waals surface area contributed by atoms with Crippen molar-refractivity contribution in [3.63, 3.8) is 0 Å². The highest BCUT2D eigenvalue weighted by Crippen LogP contribution is 2.00. The second-order valence-corrected chi connectivity index (χ2v) is 2.22. The van der Waals surface area contributed by atoms with Crippen LogP contribution in [0.3, 0.4) is 0 Å². The van der Waals surface area contributed by atoms with Gasteiger partial charge >= 0.3 is 0 Å². The van der Waals surface area contributed by atoms with Crippen molar-refractivity contribution in [2.45, 2.75) is 20.8 Å². The van der Waals surface area contributed by atoms with Crippen LogP contribution in [0.4, 0.5) is 0 Å². The number of nitrogens with zero attached hydrogens (tertiary/aromatic N) is 1. The van der Waals surface area contributed by atoms with Crippen molar-refractivity contribution in [2.24, 2.45) is 4.99 Å². The third kappa shape index (κ3) is 4.39. The summed E-state index contributed by atoms with van der Waals surface area (Å²) >= 11 is 5.52. The molecule has 0 aromatic heterocycles. The summed E-state index contributed by atoms with van der Waals surface area (Å²) in [6.07, 6.45) is 1.77. The van der Waals surface area contributed by atoms with Gasteiger partial charge in [-0.15, -0.1) is 0 Å². The van der Waals surface area contributed by atoms with Crippen LogP contribution in [0.1, 0.15) is 20.8 Å². The molecule has 0 bridgehead atoms. The van der Waals surface area contributed by atoms with E-state index in [2.05, 4.69) is 4.99 Å². The van der Waals surface area contributed by atoms with Gasteiger partial charge in [-0.3, -0.25) is 0 Å². The predicted molar refractivity (Wildman–Crippen MR) is 44.3 cm³/mol. The van der Waals surface area contributed by atoms with Gasteiger partial charge in [0.05, 0.1) is 6.61 Å². The van der Waals surface area contributed by atoms with Gasteiger partial charge < -0.3 is 4.74 Å². The Labute approximate surface area is 66.6 Å². The van der Waals surface area contributed by atoms with Gasteiger partial charge in [-0.25, -0.2) is 4.99 Å². The number of rotatable bonds is 3. The van der Waals surface area contributed by atoms with Crippen LogP contribution in [0, 0.1) is 0 Å². The Morgan fingerprint density at radius 2 is 2.30 bits per heavy atom. The number of allylic oxidation sites excluding steroid dienone is 1. The Bertz CT molecular complexity index is 148. The van der Waals surface area contributed by atoms with Crippen molar-refractivity contribution in [3.8, 4) is 0 Å². The molecule has 0 spiro atoms. The molecule has 2 nitrogen and oxygen atoms in total. The molecule has 0 aromatic rings. The number of halogens is 1. The molecule has 0 heterocycles. The van der Waals surface area contributed by atoms with Crippen LogP contribution in [-0.4, -0.2) is 11.8 Å². The molecule has 58 valence electrons. The summed E-state index contributed by atoms with van der Waals surface area (Å²) in [7, 11) is 0. The second kappa shape index (κ2) is 5.30. The van der Waals surface area contributed by atoms with Crippen molar-refractivity contribution in [1.82, 2.24) is 0 Å². The highest BCUT2D eigenvalue weighted by Gasteiger charge is 1.90. The third-order valence-electron chi connectivity index (χ3n) is 0.803. The first-order chi connectivity index (χ1) is 4.70. The monoisotopic (exact) mass is 161 g/mol. The molecule has 0 aromatic carbocycles. The standard InChI is InChI=1S/C7H12ClNO/c1-4-7(10-5-2)9-6(3)8/h4H,5H2,1-3H3/b7-4+,9-6+. The van der Waals surface area contributed by atoms with E-state index in [-0.39, 0.29) is 0 Å². The zero-order valence-corrected chi connectivity index (χ0v) is 7.27. The number of hydrogen-bond acceptors (Lipinski definition) is 2. The first kappa shape index (κ1) is 9.50. The summed E-state index contributed by atoms with van der Waals surface area (Å²) in [6, 6.07) is 0. The van der Waals surface area contributed by atoms with Gasteiger partial charge in [0.2, 0.25) is 5.88 Å². The summed E-state index contributed by atoms with van der Waals surface area (Å²) in [4.78, 5) is 3.91. The summed E-state index contributed by atoms with van der Waals surface area (Å²) in [6.45, 7) is 6.09. The molecule has 0 atom stereocenters. The van der Waals surface area contributed by atoms with Crippen molar-refractivity contribution in [3.05, 3.63) is 12.0 Å². The topological polar surface area (TPSA) is 21.6 Å². The van der Waals surface area contributed by atoms with E-state index >= 15 is 0 Å². The van der Waals surface area contributed by atoms with E-state index in [1.165, 1.54) is 0 Å². The molecule has 0 saturated heterocycles. The maximum absolute atomic E-state index is 5.52. The SMILES string of the molecule is C/C=C(\N=C(/C)Cl)OCC. The normalized spacial score (nSPS) is 13.6. The van der Waals surface area contributed by atoms with Crippen LogP contribution >= 0.6 is 11.6 Å². The summed E-state index contributed by atoms with van der Waals surface area (Å²) in [5.41, 5.74) is 0. The van der Waals surface area contributed by atoms with E-state index in [1.807, 2.05) is 13.8 Å². The first-order valence-corrected chi connectivity index (χ1v) is 3.58. The number of aliphatic imine (C=N–C) groups is 1. The van der Waals surface area contributed by atoms with E-state index < -0.39 is 0 Å². The van der Waals surface area contributed by atoms with Gasteiger partial charge in [0.15, 0.2) is 0 Å². The predicted octanol–water partition coefficient (Wildman–Crippen LogP) is 2.54. The molecule has 0 radical (unpaired) electrons. The largest absolute Gasteiger partial charge is 0.478 e. The number of ether oxygens (including phenoxy) is 1. The van der Waals surface area contributed by atoms with Gasteiger partial charge in [-0.05, 0) is 26.8 Å². The third-order valence-corrected chi connectivity index (χ3v) is 0.888. The van der Waals surface area contributed by atoms with Crippen molar-refractivity contribution in [1.29, 1.82) is 0 Å². The van der Waals surface area contributed by atoms with Gasteiger partial charge in [0, 0.05) is 0 Å². The quantitative estimate of drug-likeness (QED) is 0.461. The van der Waals surface area contributed by atoms with Gasteiger partial charge in [0.25, 0.3) is 0 Å². The lowest BCUT2D eigenvalue weighted by atomic mass is 10.6. The fraction of sp³-hybridized carbons (Fsp3) is 0.571. The van der Waals surface area contributed by atoms with Crippen LogP contribution < -0.4 is 0 Å². The molecule has 0 N–H and O–H groups in total. The van der Waals surface area contributed by atoms with E-state index in [0.29, 0.717) is 17.7 Å². The van der Waals surface area contributed by atoms with E-state index in [9.17, 15) is 0 Å². The summed E-state index contributed by atoms with van der Waals surface area (Å²) in [5, 5.41) is 0.488. The molecular formula is C7H12ClNO. The summed E-state index contributed by atoms with van der Waals surface area (Å²) in [5.74, 6) is 0.579. The molecule has 0 rings (SSSR count). The highest BCUT2D eigenvalue weighted by molar-refractivity contribution is 6.64. The maximum Gasteiger partial charge on any atom is 0.209 e. The lowest BCUT2D eigenvalue weighted by Gasteiger charge is -2.00. The second-order valence-electron chi connectivity index (χ2n) is 1.67. The molecule has 0 fully saturated rings. The fourth-order valence-corrected chi connectivity index (χ4v) is 0.563. The zero-order chi connectivity index (χ0) is 7.98. The van der Waals surface area contributed by atoms with Crippen molar-refractivity contribution in [2.75, 3.05) is 6.61 Å². The fourth-order valence-electron chi connectivity index (χ4n) is 0.480. The van der Waals surface area contributed by atoms with E-state index in [1.54, 1.807) is 13.0 Å². The smallest absolute Gasteiger partial charge is 0.209 e. The average Bonchev–Trinajstić information content (AvgIpc) is 1.86. The minimum absolute atomic E-state index is 0.488. The first-order valence-electron chi connectivity index (χ1n) is 3.20. The Hall–Kier alpha value is -0.500. The van der Waals surface area contributed by atoms with E-state index in [0.717, 1.165) is 0 Å². The average molecular weight is 162 g/mol. The zero-order valence-electron chi connectivity index (χ0n) is 6.52.